The maximum absolute atomic E-state index is 10.6. The molecule has 106 valence electrons. The molecule has 1 aliphatic carbocycles. The Hall–Kier alpha value is 0.0400. The lowest BCUT2D eigenvalue weighted by molar-refractivity contribution is 0.0381. The summed E-state index contributed by atoms with van der Waals surface area (Å²) in [6, 6.07) is 3.73. The summed E-state index contributed by atoms with van der Waals surface area (Å²) >= 11 is 15.6. The van der Waals surface area contributed by atoms with Crippen LogP contribution in [-0.4, -0.2) is 17.3 Å². The predicted molar refractivity (Wildman–Crippen MR) is 85.3 cm³/mol. The fourth-order valence-corrected chi connectivity index (χ4v) is 3.33. The summed E-state index contributed by atoms with van der Waals surface area (Å²) in [6.07, 6.45) is 6.31. The van der Waals surface area contributed by atoms with Gasteiger partial charge >= 0.3 is 0 Å². The molecule has 1 aliphatic rings. The summed E-state index contributed by atoms with van der Waals surface area (Å²) < 4.78 is 0.776. The number of benzene rings is 1. The number of halogens is 3. The zero-order valence-electron chi connectivity index (χ0n) is 10.7. The Morgan fingerprint density at radius 1 is 1.11 bits per heavy atom. The van der Waals surface area contributed by atoms with E-state index < -0.39 is 5.60 Å². The van der Waals surface area contributed by atoms with Gasteiger partial charge in [0.25, 0.3) is 0 Å². The van der Waals surface area contributed by atoms with E-state index in [1.807, 2.05) is 12.1 Å². The molecule has 2 nitrogen and oxygen atoms in total. The molecule has 1 aromatic carbocycles. The van der Waals surface area contributed by atoms with Gasteiger partial charge in [-0.3, -0.25) is 0 Å². The Balaban J connectivity index is 2.03. The standard InChI is InChI=1S/C14H18BrCl2NO/c15-10-5-6-11(13(17)12(10)16)18-9-14(19)7-3-1-2-4-8-14/h5-6,18-19H,1-4,7-9H2. The molecule has 2 rings (SSSR count). The Labute approximate surface area is 132 Å². The molecule has 0 heterocycles. The van der Waals surface area contributed by atoms with Gasteiger partial charge in [0.2, 0.25) is 0 Å². The molecular formula is C14H18BrCl2NO. The van der Waals surface area contributed by atoms with Gasteiger partial charge in [-0.2, -0.15) is 0 Å². The van der Waals surface area contributed by atoms with Crippen molar-refractivity contribution in [2.75, 3.05) is 11.9 Å². The van der Waals surface area contributed by atoms with E-state index >= 15 is 0 Å². The van der Waals surface area contributed by atoms with E-state index in [9.17, 15) is 5.11 Å². The maximum Gasteiger partial charge on any atom is 0.0835 e. The molecule has 19 heavy (non-hydrogen) atoms. The first-order valence-electron chi connectivity index (χ1n) is 6.62. The number of aliphatic hydroxyl groups is 1. The molecule has 0 saturated heterocycles. The maximum atomic E-state index is 10.6. The highest BCUT2D eigenvalue weighted by Gasteiger charge is 2.27. The van der Waals surface area contributed by atoms with Crippen molar-refractivity contribution in [3.63, 3.8) is 0 Å². The average Bonchev–Trinajstić information content (AvgIpc) is 2.61. The molecule has 5 heteroatoms. The van der Waals surface area contributed by atoms with Crippen molar-refractivity contribution in [1.29, 1.82) is 0 Å². The molecule has 0 unspecified atom stereocenters. The summed E-state index contributed by atoms with van der Waals surface area (Å²) in [4.78, 5) is 0. The Bertz CT molecular complexity index is 445. The van der Waals surface area contributed by atoms with Crippen molar-refractivity contribution in [2.45, 2.75) is 44.1 Å². The van der Waals surface area contributed by atoms with Crippen LogP contribution >= 0.6 is 39.1 Å². The largest absolute Gasteiger partial charge is 0.388 e. The Morgan fingerprint density at radius 3 is 2.37 bits per heavy atom. The smallest absolute Gasteiger partial charge is 0.0835 e. The first-order chi connectivity index (χ1) is 9.02. The van der Waals surface area contributed by atoms with Gasteiger partial charge in [-0.25, -0.2) is 0 Å². The normalized spacial score (nSPS) is 18.9. The second-order valence-electron chi connectivity index (χ2n) is 5.22. The molecule has 0 radical (unpaired) electrons. The fraction of sp³-hybridized carbons (Fsp3) is 0.571. The van der Waals surface area contributed by atoms with E-state index in [4.69, 9.17) is 23.2 Å². The van der Waals surface area contributed by atoms with Crippen molar-refractivity contribution < 1.29 is 5.11 Å². The van der Waals surface area contributed by atoms with Crippen molar-refractivity contribution in [2.24, 2.45) is 0 Å². The molecular weight excluding hydrogens is 349 g/mol. The minimum atomic E-state index is -0.626. The van der Waals surface area contributed by atoms with Crippen LogP contribution in [0.1, 0.15) is 38.5 Å². The highest BCUT2D eigenvalue weighted by Crippen LogP contribution is 2.36. The zero-order valence-corrected chi connectivity index (χ0v) is 13.8. The van der Waals surface area contributed by atoms with Crippen LogP contribution in [0.3, 0.4) is 0 Å². The monoisotopic (exact) mass is 365 g/mol. The molecule has 1 saturated carbocycles. The van der Waals surface area contributed by atoms with Crippen molar-refractivity contribution in [3.8, 4) is 0 Å². The van der Waals surface area contributed by atoms with Crippen molar-refractivity contribution >= 4 is 44.8 Å². The van der Waals surface area contributed by atoms with Crippen LogP contribution in [0.15, 0.2) is 16.6 Å². The second-order valence-corrected chi connectivity index (χ2v) is 6.83. The number of hydrogen-bond donors (Lipinski definition) is 2. The van der Waals surface area contributed by atoms with Gasteiger partial charge in [0.1, 0.15) is 0 Å². The molecule has 0 bridgehead atoms. The molecule has 1 aromatic rings. The number of hydrogen-bond acceptors (Lipinski definition) is 2. The van der Waals surface area contributed by atoms with Crippen molar-refractivity contribution in [3.05, 3.63) is 26.7 Å². The van der Waals surface area contributed by atoms with Crippen molar-refractivity contribution in [1.82, 2.24) is 0 Å². The summed E-state index contributed by atoms with van der Waals surface area (Å²) in [5.74, 6) is 0. The van der Waals surface area contributed by atoms with Gasteiger partial charge in [-0.1, -0.05) is 48.9 Å². The topological polar surface area (TPSA) is 32.3 Å². The summed E-state index contributed by atoms with van der Waals surface area (Å²) in [5.41, 5.74) is 0.145. The first kappa shape index (κ1) is 15.4. The highest BCUT2D eigenvalue weighted by molar-refractivity contribution is 9.10. The van der Waals surface area contributed by atoms with E-state index in [0.717, 1.165) is 35.8 Å². The van der Waals surface area contributed by atoms with E-state index in [1.54, 1.807) is 0 Å². The van der Waals surface area contributed by atoms with Crippen LogP contribution in [-0.2, 0) is 0 Å². The van der Waals surface area contributed by atoms with Crippen LogP contribution in [0.4, 0.5) is 5.69 Å². The van der Waals surface area contributed by atoms with Crippen LogP contribution < -0.4 is 5.32 Å². The van der Waals surface area contributed by atoms with Gasteiger partial charge < -0.3 is 10.4 Å². The minimum Gasteiger partial charge on any atom is -0.388 e. The molecule has 0 aromatic heterocycles. The van der Waals surface area contributed by atoms with Gasteiger partial charge in [0.15, 0.2) is 0 Å². The summed E-state index contributed by atoms with van der Waals surface area (Å²) in [5, 5.41) is 14.8. The van der Waals surface area contributed by atoms with Crippen LogP contribution in [0.2, 0.25) is 10.0 Å². The number of rotatable bonds is 3. The molecule has 0 spiro atoms. The molecule has 0 atom stereocenters. The third kappa shape index (κ3) is 4.01. The van der Waals surface area contributed by atoms with Crippen LogP contribution in [0.25, 0.3) is 0 Å². The molecule has 0 amide bonds. The summed E-state index contributed by atoms with van der Waals surface area (Å²) in [7, 11) is 0. The lowest BCUT2D eigenvalue weighted by Gasteiger charge is -2.27. The van der Waals surface area contributed by atoms with E-state index in [2.05, 4.69) is 21.2 Å². The van der Waals surface area contributed by atoms with E-state index in [0.29, 0.717) is 16.6 Å². The first-order valence-corrected chi connectivity index (χ1v) is 8.16. The number of nitrogens with one attached hydrogen (secondary N) is 1. The quantitative estimate of drug-likeness (QED) is 0.565. The lowest BCUT2D eigenvalue weighted by atomic mass is 9.94. The van der Waals surface area contributed by atoms with Gasteiger partial charge in [0.05, 0.1) is 21.3 Å². The van der Waals surface area contributed by atoms with E-state index in [1.165, 1.54) is 12.8 Å². The molecule has 0 aliphatic heterocycles. The third-order valence-electron chi connectivity index (χ3n) is 3.68. The Morgan fingerprint density at radius 2 is 1.74 bits per heavy atom. The SMILES string of the molecule is OC1(CNc2ccc(Br)c(Cl)c2Cl)CCCCCC1. The zero-order chi connectivity index (χ0) is 13.9. The highest BCUT2D eigenvalue weighted by atomic mass is 79.9. The van der Waals surface area contributed by atoms with Gasteiger partial charge in [0, 0.05) is 11.0 Å². The van der Waals surface area contributed by atoms with Gasteiger partial charge in [-0.15, -0.1) is 0 Å². The molecule has 1 fully saturated rings. The van der Waals surface area contributed by atoms with E-state index in [-0.39, 0.29) is 0 Å². The molecule has 2 N–H and O–H groups in total. The minimum absolute atomic E-state index is 0.494. The third-order valence-corrected chi connectivity index (χ3v) is 5.45. The van der Waals surface area contributed by atoms with Crippen LogP contribution in [0.5, 0.6) is 0 Å². The van der Waals surface area contributed by atoms with Crippen LogP contribution in [0, 0.1) is 0 Å². The average molecular weight is 367 g/mol. The number of anilines is 1. The lowest BCUT2D eigenvalue weighted by Crippen LogP contribution is -2.36. The summed E-state index contributed by atoms with van der Waals surface area (Å²) in [6.45, 7) is 0.519. The Kier molecular flexibility index (Phi) is 5.41. The van der Waals surface area contributed by atoms with Gasteiger partial charge in [-0.05, 0) is 40.9 Å². The predicted octanol–water partition coefficient (Wildman–Crippen LogP) is 5.25. The second kappa shape index (κ2) is 6.66. The fourth-order valence-electron chi connectivity index (χ4n) is 2.49.